The predicted molar refractivity (Wildman–Crippen MR) is 74.8 cm³/mol. The van der Waals surface area contributed by atoms with Crippen LogP contribution in [0.1, 0.15) is 50.2 Å². The molecule has 0 fully saturated rings. The molecule has 0 saturated carbocycles. The summed E-state index contributed by atoms with van der Waals surface area (Å²) < 4.78 is 5.36. The molecule has 0 amide bonds. The number of aromatic nitrogens is 1. The number of nitrogens with zero attached hydrogens (tertiary/aromatic N) is 1. The van der Waals surface area contributed by atoms with Crippen LogP contribution in [0, 0.1) is 0 Å². The average molecular weight is 264 g/mol. The van der Waals surface area contributed by atoms with Gasteiger partial charge in [-0.2, -0.15) is 0 Å². The first-order valence-corrected chi connectivity index (χ1v) is 7.06. The van der Waals surface area contributed by atoms with E-state index < -0.39 is 0 Å². The van der Waals surface area contributed by atoms with E-state index in [1.807, 2.05) is 12.1 Å². The highest BCUT2D eigenvalue weighted by atomic mass is 32.1. The molecule has 0 aliphatic carbocycles. The normalized spacial score (nSPS) is 13.8. The number of furan rings is 1. The standard InChI is InChI=1S/C14H20N2OS/c1-10(12-6-5-7-17-12)15-8-11-9-18-13(16-11)14(2,3)4/h5-7,9-10,15H,8H2,1-4H3/t10-/m1/s1. The monoisotopic (exact) mass is 264 g/mol. The molecule has 3 nitrogen and oxygen atoms in total. The zero-order chi connectivity index (χ0) is 13.2. The van der Waals surface area contributed by atoms with Crippen LogP contribution in [0.25, 0.3) is 0 Å². The largest absolute Gasteiger partial charge is 0.468 e. The van der Waals surface area contributed by atoms with Crippen molar-refractivity contribution in [1.29, 1.82) is 0 Å². The topological polar surface area (TPSA) is 38.1 Å². The summed E-state index contributed by atoms with van der Waals surface area (Å²) in [6, 6.07) is 4.10. The van der Waals surface area contributed by atoms with E-state index in [2.05, 4.69) is 43.4 Å². The SMILES string of the molecule is C[C@@H](NCc1csc(C(C)(C)C)n1)c1ccco1. The fourth-order valence-electron chi connectivity index (χ4n) is 1.63. The second-order valence-corrected chi connectivity index (χ2v) is 6.37. The van der Waals surface area contributed by atoms with Gasteiger partial charge in [0.1, 0.15) is 5.76 Å². The van der Waals surface area contributed by atoms with Gasteiger partial charge in [-0.05, 0) is 19.1 Å². The van der Waals surface area contributed by atoms with Gasteiger partial charge in [0.25, 0.3) is 0 Å². The Bertz CT molecular complexity index is 482. The Morgan fingerprint density at radius 3 is 2.78 bits per heavy atom. The Hall–Kier alpha value is -1.13. The maximum Gasteiger partial charge on any atom is 0.120 e. The van der Waals surface area contributed by atoms with Gasteiger partial charge in [-0.25, -0.2) is 4.98 Å². The summed E-state index contributed by atoms with van der Waals surface area (Å²) >= 11 is 1.73. The maximum absolute atomic E-state index is 5.36. The molecule has 0 saturated heterocycles. The van der Waals surface area contributed by atoms with E-state index in [9.17, 15) is 0 Å². The molecule has 2 rings (SSSR count). The van der Waals surface area contributed by atoms with Crippen molar-refractivity contribution in [2.75, 3.05) is 0 Å². The van der Waals surface area contributed by atoms with E-state index >= 15 is 0 Å². The molecule has 0 radical (unpaired) electrons. The minimum atomic E-state index is 0.134. The molecule has 1 N–H and O–H groups in total. The van der Waals surface area contributed by atoms with Gasteiger partial charge in [-0.15, -0.1) is 11.3 Å². The Morgan fingerprint density at radius 2 is 2.22 bits per heavy atom. The van der Waals surface area contributed by atoms with Crippen molar-refractivity contribution in [3.8, 4) is 0 Å². The lowest BCUT2D eigenvalue weighted by atomic mass is 9.98. The molecule has 1 atom stereocenters. The minimum Gasteiger partial charge on any atom is -0.468 e. The molecule has 18 heavy (non-hydrogen) atoms. The second-order valence-electron chi connectivity index (χ2n) is 5.51. The molecule has 0 aromatic carbocycles. The lowest BCUT2D eigenvalue weighted by Gasteiger charge is -2.14. The van der Waals surface area contributed by atoms with E-state index in [-0.39, 0.29) is 11.5 Å². The Labute approximate surface area is 112 Å². The Morgan fingerprint density at radius 1 is 1.44 bits per heavy atom. The third-order valence-electron chi connectivity index (χ3n) is 2.75. The highest BCUT2D eigenvalue weighted by Gasteiger charge is 2.18. The van der Waals surface area contributed by atoms with Crippen LogP contribution in [0.4, 0.5) is 0 Å². The van der Waals surface area contributed by atoms with Crippen LogP contribution < -0.4 is 5.32 Å². The van der Waals surface area contributed by atoms with E-state index in [4.69, 9.17) is 4.42 Å². The quantitative estimate of drug-likeness (QED) is 0.910. The van der Waals surface area contributed by atoms with E-state index in [0.29, 0.717) is 0 Å². The summed E-state index contributed by atoms with van der Waals surface area (Å²) in [6.07, 6.45) is 1.70. The minimum absolute atomic E-state index is 0.134. The first-order chi connectivity index (χ1) is 8.47. The van der Waals surface area contributed by atoms with Crippen LogP contribution >= 0.6 is 11.3 Å². The van der Waals surface area contributed by atoms with Gasteiger partial charge in [0.05, 0.1) is 23.0 Å². The van der Waals surface area contributed by atoms with Crippen LogP contribution in [-0.4, -0.2) is 4.98 Å². The highest BCUT2D eigenvalue weighted by molar-refractivity contribution is 7.09. The summed E-state index contributed by atoms with van der Waals surface area (Å²) in [5.41, 5.74) is 1.23. The van der Waals surface area contributed by atoms with E-state index in [1.165, 1.54) is 5.01 Å². The van der Waals surface area contributed by atoms with Crippen LogP contribution in [0.5, 0.6) is 0 Å². The van der Waals surface area contributed by atoms with Gasteiger partial charge in [-0.3, -0.25) is 0 Å². The summed E-state index contributed by atoms with van der Waals surface area (Å²) in [5.74, 6) is 0.960. The van der Waals surface area contributed by atoms with Crippen LogP contribution in [0.2, 0.25) is 0 Å². The van der Waals surface area contributed by atoms with Crippen molar-refractivity contribution in [1.82, 2.24) is 10.3 Å². The van der Waals surface area contributed by atoms with Gasteiger partial charge in [-0.1, -0.05) is 20.8 Å². The number of rotatable bonds is 4. The smallest absolute Gasteiger partial charge is 0.120 e. The first kappa shape index (κ1) is 13.3. The van der Waals surface area contributed by atoms with Gasteiger partial charge in [0.15, 0.2) is 0 Å². The molecule has 98 valence electrons. The van der Waals surface area contributed by atoms with Crippen molar-refractivity contribution in [3.05, 3.63) is 40.2 Å². The molecule has 0 aliphatic heterocycles. The molecule has 2 aromatic rings. The molecular formula is C14H20N2OS. The van der Waals surface area contributed by atoms with E-state index in [1.54, 1.807) is 17.6 Å². The molecular weight excluding hydrogens is 244 g/mol. The van der Waals surface area contributed by atoms with Crippen LogP contribution in [-0.2, 0) is 12.0 Å². The third-order valence-corrected chi connectivity index (χ3v) is 4.07. The van der Waals surface area contributed by atoms with Gasteiger partial charge < -0.3 is 9.73 Å². The maximum atomic E-state index is 5.36. The number of nitrogens with one attached hydrogen (secondary N) is 1. The molecule has 4 heteroatoms. The zero-order valence-electron chi connectivity index (χ0n) is 11.4. The van der Waals surface area contributed by atoms with Gasteiger partial charge in [0.2, 0.25) is 0 Å². The molecule has 0 spiro atoms. The van der Waals surface area contributed by atoms with Gasteiger partial charge in [0, 0.05) is 17.3 Å². The Balaban J connectivity index is 1.93. The lowest BCUT2D eigenvalue weighted by molar-refractivity contribution is 0.428. The first-order valence-electron chi connectivity index (χ1n) is 6.18. The molecule has 0 bridgehead atoms. The highest BCUT2D eigenvalue weighted by Crippen LogP contribution is 2.25. The lowest BCUT2D eigenvalue weighted by Crippen LogP contribution is -2.18. The fraction of sp³-hybridized carbons (Fsp3) is 0.500. The number of hydrogen-bond donors (Lipinski definition) is 1. The molecule has 2 aromatic heterocycles. The van der Waals surface area contributed by atoms with Crippen molar-refractivity contribution in [3.63, 3.8) is 0 Å². The van der Waals surface area contributed by atoms with Crippen molar-refractivity contribution in [2.24, 2.45) is 0 Å². The molecule has 0 aliphatic rings. The molecule has 0 unspecified atom stereocenters. The van der Waals surface area contributed by atoms with Gasteiger partial charge >= 0.3 is 0 Å². The van der Waals surface area contributed by atoms with Crippen molar-refractivity contribution < 1.29 is 4.42 Å². The number of hydrogen-bond acceptors (Lipinski definition) is 4. The predicted octanol–water partition coefficient (Wildman–Crippen LogP) is 3.88. The second kappa shape index (κ2) is 5.24. The summed E-state index contributed by atoms with van der Waals surface area (Å²) in [6.45, 7) is 9.43. The zero-order valence-corrected chi connectivity index (χ0v) is 12.2. The van der Waals surface area contributed by atoms with Crippen molar-refractivity contribution in [2.45, 2.75) is 45.7 Å². The summed E-state index contributed by atoms with van der Waals surface area (Å²) in [7, 11) is 0. The van der Waals surface area contributed by atoms with E-state index in [0.717, 1.165) is 18.0 Å². The van der Waals surface area contributed by atoms with Crippen molar-refractivity contribution >= 4 is 11.3 Å². The van der Waals surface area contributed by atoms with Crippen LogP contribution in [0.3, 0.4) is 0 Å². The summed E-state index contributed by atoms with van der Waals surface area (Å²) in [5, 5.41) is 6.73. The Kier molecular flexibility index (Phi) is 3.88. The van der Waals surface area contributed by atoms with Crippen LogP contribution in [0.15, 0.2) is 28.2 Å². The summed E-state index contributed by atoms with van der Waals surface area (Å²) in [4.78, 5) is 4.66. The average Bonchev–Trinajstić information content (AvgIpc) is 2.96. The fourth-order valence-corrected chi connectivity index (χ4v) is 2.54. The number of thiazole rings is 1. The molecule has 2 heterocycles. The third kappa shape index (κ3) is 3.21.